The average molecular weight is 285 g/mol. The maximum atomic E-state index is 12.2. The first-order chi connectivity index (χ1) is 8.95. The van der Waals surface area contributed by atoms with E-state index < -0.39 is 15.6 Å². The lowest BCUT2D eigenvalue weighted by Gasteiger charge is -2.23. The number of aliphatic hydroxyl groups excluding tert-OH is 1. The van der Waals surface area contributed by atoms with Gasteiger partial charge in [0.2, 0.25) is 10.0 Å². The Morgan fingerprint density at radius 3 is 2.58 bits per heavy atom. The maximum absolute atomic E-state index is 12.2. The predicted octanol–water partition coefficient (Wildman–Crippen LogP) is 0.679. The fourth-order valence-electron chi connectivity index (χ4n) is 2.10. The molecule has 2 rings (SSSR count). The van der Waals surface area contributed by atoms with Gasteiger partial charge >= 0.3 is 0 Å². The number of nitrogens with one attached hydrogen (secondary N) is 1. The molecule has 1 aliphatic heterocycles. The third-order valence-corrected chi connectivity index (χ3v) is 4.89. The molecule has 106 valence electrons. The van der Waals surface area contributed by atoms with Crippen molar-refractivity contribution in [2.75, 3.05) is 19.8 Å². The summed E-state index contributed by atoms with van der Waals surface area (Å²) >= 11 is 0. The minimum absolute atomic E-state index is 0.0553. The normalized spacial score (nSPS) is 23.7. The SMILES string of the molecule is CC1(NS(=O)(=O)c2ccc(CCO)cc2)CCOC1. The van der Waals surface area contributed by atoms with Crippen LogP contribution in [0.1, 0.15) is 18.9 Å². The summed E-state index contributed by atoms with van der Waals surface area (Å²) in [5.41, 5.74) is 0.389. The summed E-state index contributed by atoms with van der Waals surface area (Å²) in [5, 5.41) is 8.83. The molecule has 0 aliphatic carbocycles. The molecule has 19 heavy (non-hydrogen) atoms. The minimum Gasteiger partial charge on any atom is -0.396 e. The topological polar surface area (TPSA) is 75.6 Å². The van der Waals surface area contributed by atoms with Crippen LogP contribution in [-0.4, -0.2) is 38.9 Å². The van der Waals surface area contributed by atoms with Gasteiger partial charge in [0.1, 0.15) is 0 Å². The van der Waals surface area contributed by atoms with Gasteiger partial charge in [0.05, 0.1) is 17.0 Å². The molecule has 0 amide bonds. The van der Waals surface area contributed by atoms with Gasteiger partial charge in [-0.15, -0.1) is 0 Å². The second kappa shape index (κ2) is 5.58. The van der Waals surface area contributed by atoms with Crippen LogP contribution < -0.4 is 4.72 Å². The highest BCUT2D eigenvalue weighted by Crippen LogP contribution is 2.21. The van der Waals surface area contributed by atoms with Crippen molar-refractivity contribution in [3.63, 3.8) is 0 Å². The van der Waals surface area contributed by atoms with E-state index in [1.54, 1.807) is 24.3 Å². The van der Waals surface area contributed by atoms with E-state index in [9.17, 15) is 8.42 Å². The van der Waals surface area contributed by atoms with E-state index in [4.69, 9.17) is 9.84 Å². The summed E-state index contributed by atoms with van der Waals surface area (Å²) in [5.74, 6) is 0. The number of ether oxygens (including phenoxy) is 1. The lowest BCUT2D eigenvalue weighted by atomic mass is 10.0. The first-order valence-corrected chi connectivity index (χ1v) is 7.75. The molecule has 0 aromatic heterocycles. The quantitative estimate of drug-likeness (QED) is 0.834. The smallest absolute Gasteiger partial charge is 0.241 e. The highest BCUT2D eigenvalue weighted by atomic mass is 32.2. The zero-order valence-corrected chi connectivity index (χ0v) is 11.7. The van der Waals surface area contributed by atoms with Gasteiger partial charge in [0, 0.05) is 13.2 Å². The van der Waals surface area contributed by atoms with E-state index in [0.29, 0.717) is 26.1 Å². The Balaban J connectivity index is 2.15. The third kappa shape index (κ3) is 3.54. The number of aliphatic hydroxyl groups is 1. The summed E-state index contributed by atoms with van der Waals surface area (Å²) in [6.45, 7) is 2.88. The van der Waals surface area contributed by atoms with Gasteiger partial charge in [-0.1, -0.05) is 12.1 Å². The minimum atomic E-state index is -3.53. The molecule has 6 heteroatoms. The first-order valence-electron chi connectivity index (χ1n) is 6.27. The molecular weight excluding hydrogens is 266 g/mol. The second-order valence-corrected chi connectivity index (χ2v) is 6.77. The van der Waals surface area contributed by atoms with Crippen LogP contribution in [0.25, 0.3) is 0 Å². The van der Waals surface area contributed by atoms with E-state index in [2.05, 4.69) is 4.72 Å². The van der Waals surface area contributed by atoms with Crippen molar-refractivity contribution < 1.29 is 18.3 Å². The molecule has 0 radical (unpaired) electrons. The highest BCUT2D eigenvalue weighted by molar-refractivity contribution is 7.89. The Morgan fingerprint density at radius 2 is 2.05 bits per heavy atom. The van der Waals surface area contributed by atoms with Crippen molar-refractivity contribution in [1.29, 1.82) is 0 Å². The lowest BCUT2D eigenvalue weighted by molar-refractivity contribution is 0.178. The molecule has 0 spiro atoms. The average Bonchev–Trinajstić information content (AvgIpc) is 2.76. The van der Waals surface area contributed by atoms with Gasteiger partial charge in [0.15, 0.2) is 0 Å². The molecule has 1 aromatic rings. The first kappa shape index (κ1) is 14.5. The molecule has 1 unspecified atom stereocenters. The van der Waals surface area contributed by atoms with Crippen LogP contribution in [0.4, 0.5) is 0 Å². The van der Waals surface area contributed by atoms with Crippen molar-refractivity contribution >= 4 is 10.0 Å². The molecule has 5 nitrogen and oxygen atoms in total. The second-order valence-electron chi connectivity index (χ2n) is 5.09. The summed E-state index contributed by atoms with van der Waals surface area (Å²) in [6.07, 6.45) is 1.20. The number of hydrogen-bond donors (Lipinski definition) is 2. The molecule has 0 bridgehead atoms. The summed E-state index contributed by atoms with van der Waals surface area (Å²) < 4.78 is 32.4. The van der Waals surface area contributed by atoms with Crippen LogP contribution in [-0.2, 0) is 21.2 Å². The zero-order chi connectivity index (χ0) is 13.9. The van der Waals surface area contributed by atoms with Gasteiger partial charge in [-0.25, -0.2) is 13.1 Å². The van der Waals surface area contributed by atoms with Crippen molar-refractivity contribution in [3.05, 3.63) is 29.8 Å². The van der Waals surface area contributed by atoms with Crippen LogP contribution in [0.5, 0.6) is 0 Å². The van der Waals surface area contributed by atoms with Gasteiger partial charge < -0.3 is 9.84 Å². The van der Waals surface area contributed by atoms with Crippen molar-refractivity contribution in [2.24, 2.45) is 0 Å². The molecule has 2 N–H and O–H groups in total. The standard InChI is InChI=1S/C13H19NO4S/c1-13(7-9-18-10-13)14-19(16,17)12-4-2-11(3-5-12)6-8-15/h2-5,14-15H,6-10H2,1H3. The molecule has 1 saturated heterocycles. The van der Waals surface area contributed by atoms with E-state index in [1.807, 2.05) is 6.92 Å². The molecule has 1 heterocycles. The summed E-state index contributed by atoms with van der Waals surface area (Å²) in [6, 6.07) is 6.56. The molecule has 1 fully saturated rings. The fraction of sp³-hybridized carbons (Fsp3) is 0.538. The summed E-state index contributed by atoms with van der Waals surface area (Å²) in [7, 11) is -3.53. The monoisotopic (exact) mass is 285 g/mol. The molecule has 0 saturated carbocycles. The number of benzene rings is 1. The highest BCUT2D eigenvalue weighted by Gasteiger charge is 2.34. The van der Waals surface area contributed by atoms with E-state index in [0.717, 1.165) is 5.56 Å². The maximum Gasteiger partial charge on any atom is 0.241 e. The van der Waals surface area contributed by atoms with Gasteiger partial charge in [-0.2, -0.15) is 0 Å². The molecule has 1 aromatic carbocycles. The Hall–Kier alpha value is -0.950. The van der Waals surface area contributed by atoms with Gasteiger partial charge in [-0.05, 0) is 37.5 Å². The predicted molar refractivity (Wildman–Crippen MR) is 71.4 cm³/mol. The molecule has 1 aliphatic rings. The van der Waals surface area contributed by atoms with Crippen molar-refractivity contribution in [1.82, 2.24) is 4.72 Å². The Bertz CT molecular complexity index is 518. The van der Waals surface area contributed by atoms with Crippen molar-refractivity contribution in [2.45, 2.75) is 30.2 Å². The van der Waals surface area contributed by atoms with Crippen LogP contribution in [0, 0.1) is 0 Å². The van der Waals surface area contributed by atoms with Crippen LogP contribution in [0.15, 0.2) is 29.2 Å². The van der Waals surface area contributed by atoms with Crippen LogP contribution in [0.3, 0.4) is 0 Å². The molecular formula is C13H19NO4S. The number of hydrogen-bond acceptors (Lipinski definition) is 4. The fourth-order valence-corrected chi connectivity index (χ4v) is 3.52. The number of sulfonamides is 1. The largest absolute Gasteiger partial charge is 0.396 e. The van der Waals surface area contributed by atoms with E-state index in [1.165, 1.54) is 0 Å². The third-order valence-electron chi connectivity index (χ3n) is 3.23. The van der Waals surface area contributed by atoms with Gasteiger partial charge in [-0.3, -0.25) is 0 Å². The Labute approximate surface area is 113 Å². The van der Waals surface area contributed by atoms with Crippen LogP contribution >= 0.6 is 0 Å². The lowest BCUT2D eigenvalue weighted by Crippen LogP contribution is -2.46. The van der Waals surface area contributed by atoms with Crippen LogP contribution in [0.2, 0.25) is 0 Å². The number of rotatable bonds is 5. The Kier molecular flexibility index (Phi) is 4.25. The van der Waals surface area contributed by atoms with E-state index >= 15 is 0 Å². The van der Waals surface area contributed by atoms with E-state index in [-0.39, 0.29) is 11.5 Å². The van der Waals surface area contributed by atoms with Crippen molar-refractivity contribution in [3.8, 4) is 0 Å². The summed E-state index contributed by atoms with van der Waals surface area (Å²) in [4.78, 5) is 0.238. The van der Waals surface area contributed by atoms with Gasteiger partial charge in [0.25, 0.3) is 0 Å². The Morgan fingerprint density at radius 1 is 1.37 bits per heavy atom. The zero-order valence-electron chi connectivity index (χ0n) is 10.9. The molecule has 1 atom stereocenters.